The molecule has 0 radical (unpaired) electrons. The average Bonchev–Trinajstić information content (AvgIpc) is 3.03. The molecule has 1 aliphatic rings. The Balaban J connectivity index is 1.71. The SMILES string of the molecule is CN1CCC(Sc2ncnc3scc(-c4ccccc4)c23)CC1. The molecule has 1 fully saturated rings. The summed E-state index contributed by atoms with van der Waals surface area (Å²) in [5.74, 6) is 0. The summed E-state index contributed by atoms with van der Waals surface area (Å²) in [4.78, 5) is 12.6. The van der Waals surface area contributed by atoms with Crippen LogP contribution in [0.1, 0.15) is 12.8 Å². The van der Waals surface area contributed by atoms with Gasteiger partial charge in [-0.2, -0.15) is 0 Å². The molecule has 4 rings (SSSR count). The minimum Gasteiger partial charge on any atom is -0.306 e. The van der Waals surface area contributed by atoms with E-state index in [1.54, 1.807) is 17.7 Å². The highest BCUT2D eigenvalue weighted by atomic mass is 32.2. The quantitative estimate of drug-likeness (QED) is 0.654. The zero-order valence-corrected chi connectivity index (χ0v) is 14.7. The molecular weight excluding hydrogens is 322 g/mol. The van der Waals surface area contributed by atoms with Crippen LogP contribution in [-0.4, -0.2) is 40.3 Å². The Kier molecular flexibility index (Phi) is 4.33. The molecule has 23 heavy (non-hydrogen) atoms. The molecule has 2 aromatic heterocycles. The maximum absolute atomic E-state index is 4.62. The first-order valence-corrected chi connectivity index (χ1v) is 9.70. The van der Waals surface area contributed by atoms with Gasteiger partial charge in [-0.15, -0.1) is 23.1 Å². The van der Waals surface area contributed by atoms with Crippen LogP contribution in [0.25, 0.3) is 21.3 Å². The van der Waals surface area contributed by atoms with Crippen molar-refractivity contribution in [3.05, 3.63) is 42.0 Å². The average molecular weight is 342 g/mol. The van der Waals surface area contributed by atoms with Crippen molar-refractivity contribution in [2.24, 2.45) is 0 Å². The summed E-state index contributed by atoms with van der Waals surface area (Å²) < 4.78 is 0. The van der Waals surface area contributed by atoms with E-state index < -0.39 is 0 Å². The predicted molar refractivity (Wildman–Crippen MR) is 99.2 cm³/mol. The lowest BCUT2D eigenvalue weighted by atomic mass is 10.1. The van der Waals surface area contributed by atoms with Crippen LogP contribution in [0.5, 0.6) is 0 Å². The zero-order chi connectivity index (χ0) is 15.6. The molecule has 0 N–H and O–H groups in total. The molecule has 0 saturated carbocycles. The Hall–Kier alpha value is -1.43. The lowest BCUT2D eigenvalue weighted by Gasteiger charge is -2.28. The molecule has 1 aliphatic heterocycles. The molecule has 3 aromatic rings. The van der Waals surface area contributed by atoms with E-state index in [-0.39, 0.29) is 0 Å². The topological polar surface area (TPSA) is 29.0 Å². The van der Waals surface area contributed by atoms with Crippen molar-refractivity contribution in [3.63, 3.8) is 0 Å². The van der Waals surface area contributed by atoms with E-state index in [9.17, 15) is 0 Å². The van der Waals surface area contributed by atoms with E-state index in [0.29, 0.717) is 5.25 Å². The molecule has 1 saturated heterocycles. The molecule has 0 amide bonds. The van der Waals surface area contributed by atoms with Crippen molar-refractivity contribution < 1.29 is 0 Å². The first-order chi connectivity index (χ1) is 11.3. The summed E-state index contributed by atoms with van der Waals surface area (Å²) in [6.45, 7) is 2.36. The van der Waals surface area contributed by atoms with Crippen LogP contribution in [0.3, 0.4) is 0 Å². The molecule has 1 aromatic carbocycles. The molecule has 5 heteroatoms. The van der Waals surface area contributed by atoms with Gasteiger partial charge in [-0.1, -0.05) is 30.3 Å². The normalized spacial score (nSPS) is 16.9. The second-order valence-corrected chi connectivity index (χ2v) is 8.14. The molecule has 118 valence electrons. The number of benzene rings is 1. The van der Waals surface area contributed by atoms with Crippen LogP contribution in [0.4, 0.5) is 0 Å². The third-order valence-electron chi connectivity index (χ3n) is 4.36. The van der Waals surface area contributed by atoms with E-state index in [4.69, 9.17) is 0 Å². The molecule has 3 nitrogen and oxygen atoms in total. The maximum Gasteiger partial charge on any atom is 0.128 e. The number of thiophene rings is 1. The van der Waals surface area contributed by atoms with Gasteiger partial charge in [0.15, 0.2) is 0 Å². The minimum atomic E-state index is 0.660. The Labute approximate surface area is 144 Å². The number of fused-ring (bicyclic) bond motifs is 1. The van der Waals surface area contributed by atoms with Gasteiger partial charge < -0.3 is 4.90 Å². The van der Waals surface area contributed by atoms with Crippen LogP contribution >= 0.6 is 23.1 Å². The van der Waals surface area contributed by atoms with E-state index in [2.05, 4.69) is 57.6 Å². The highest BCUT2D eigenvalue weighted by molar-refractivity contribution is 8.00. The van der Waals surface area contributed by atoms with E-state index in [0.717, 1.165) is 9.86 Å². The minimum absolute atomic E-state index is 0.660. The summed E-state index contributed by atoms with van der Waals surface area (Å²) in [7, 11) is 2.20. The molecule has 0 spiro atoms. The van der Waals surface area contributed by atoms with Gasteiger partial charge in [0.25, 0.3) is 0 Å². The number of thioether (sulfide) groups is 1. The lowest BCUT2D eigenvalue weighted by Crippen LogP contribution is -2.31. The van der Waals surface area contributed by atoms with Gasteiger partial charge in [0.1, 0.15) is 16.2 Å². The van der Waals surface area contributed by atoms with E-state index >= 15 is 0 Å². The second-order valence-electron chi connectivity index (χ2n) is 5.99. The molecule has 3 heterocycles. The fraction of sp³-hybridized carbons (Fsp3) is 0.333. The summed E-state index contributed by atoms with van der Waals surface area (Å²) >= 11 is 3.65. The largest absolute Gasteiger partial charge is 0.306 e. The molecular formula is C18H19N3S2. The van der Waals surface area contributed by atoms with Crippen molar-refractivity contribution in [2.75, 3.05) is 20.1 Å². The summed E-state index contributed by atoms with van der Waals surface area (Å²) in [6.07, 6.45) is 4.18. The number of piperidine rings is 1. The standard InChI is InChI=1S/C18H19N3S2/c1-21-9-7-14(8-10-21)23-18-16-15(13-5-3-2-4-6-13)11-22-17(16)19-12-20-18/h2-6,11-12,14H,7-10H2,1H3. The number of hydrogen-bond donors (Lipinski definition) is 0. The van der Waals surface area contributed by atoms with Gasteiger partial charge in [-0.3, -0.25) is 0 Å². The number of rotatable bonds is 3. The van der Waals surface area contributed by atoms with E-state index in [1.165, 1.54) is 42.4 Å². The van der Waals surface area contributed by atoms with Crippen molar-refractivity contribution in [1.29, 1.82) is 0 Å². The Morgan fingerprint density at radius 2 is 1.91 bits per heavy atom. The first-order valence-electron chi connectivity index (χ1n) is 7.94. The monoisotopic (exact) mass is 341 g/mol. The Morgan fingerprint density at radius 3 is 2.70 bits per heavy atom. The van der Waals surface area contributed by atoms with Gasteiger partial charge in [-0.05, 0) is 38.5 Å². The third kappa shape index (κ3) is 3.13. The van der Waals surface area contributed by atoms with Gasteiger partial charge in [0.2, 0.25) is 0 Å². The van der Waals surface area contributed by atoms with Gasteiger partial charge in [0, 0.05) is 16.2 Å². The van der Waals surface area contributed by atoms with Crippen molar-refractivity contribution in [3.8, 4) is 11.1 Å². The zero-order valence-electron chi connectivity index (χ0n) is 13.1. The predicted octanol–water partition coefficient (Wildman–Crippen LogP) is 4.54. The second kappa shape index (κ2) is 6.59. The van der Waals surface area contributed by atoms with E-state index in [1.807, 2.05) is 11.8 Å². The number of aromatic nitrogens is 2. The van der Waals surface area contributed by atoms with Crippen LogP contribution in [0, 0.1) is 0 Å². The highest BCUT2D eigenvalue weighted by Gasteiger charge is 2.21. The van der Waals surface area contributed by atoms with Crippen LogP contribution in [-0.2, 0) is 0 Å². The molecule has 0 unspecified atom stereocenters. The van der Waals surface area contributed by atoms with Crippen molar-refractivity contribution in [2.45, 2.75) is 23.1 Å². The Bertz CT molecular complexity index is 792. The fourth-order valence-corrected chi connectivity index (χ4v) is 5.20. The van der Waals surface area contributed by atoms with Gasteiger partial charge >= 0.3 is 0 Å². The van der Waals surface area contributed by atoms with Crippen molar-refractivity contribution >= 4 is 33.3 Å². The van der Waals surface area contributed by atoms with Gasteiger partial charge in [0.05, 0.1) is 5.39 Å². The number of likely N-dealkylation sites (tertiary alicyclic amines) is 1. The molecule has 0 aliphatic carbocycles. The number of nitrogens with zero attached hydrogens (tertiary/aromatic N) is 3. The lowest BCUT2D eigenvalue weighted by molar-refractivity contribution is 0.282. The summed E-state index contributed by atoms with van der Waals surface area (Å²) in [6, 6.07) is 10.6. The maximum atomic E-state index is 4.62. The summed E-state index contributed by atoms with van der Waals surface area (Å²) in [5.41, 5.74) is 2.51. The molecule has 0 atom stereocenters. The first kappa shape index (κ1) is 15.1. The highest BCUT2D eigenvalue weighted by Crippen LogP contribution is 2.40. The fourth-order valence-electron chi connectivity index (χ4n) is 3.03. The molecule has 0 bridgehead atoms. The third-order valence-corrected chi connectivity index (χ3v) is 6.59. The number of hydrogen-bond acceptors (Lipinski definition) is 5. The Morgan fingerprint density at radius 1 is 1.13 bits per heavy atom. The summed E-state index contributed by atoms with van der Waals surface area (Å²) in [5, 5.41) is 5.25. The van der Waals surface area contributed by atoms with Crippen LogP contribution in [0.2, 0.25) is 0 Å². The van der Waals surface area contributed by atoms with Crippen molar-refractivity contribution in [1.82, 2.24) is 14.9 Å². The van der Waals surface area contributed by atoms with Gasteiger partial charge in [-0.25, -0.2) is 9.97 Å². The van der Waals surface area contributed by atoms with Crippen LogP contribution < -0.4 is 0 Å². The smallest absolute Gasteiger partial charge is 0.128 e. The van der Waals surface area contributed by atoms with Crippen LogP contribution in [0.15, 0.2) is 47.1 Å².